The maximum absolute atomic E-state index is 12.7. The van der Waals surface area contributed by atoms with Gasteiger partial charge in [0.1, 0.15) is 17.5 Å². The fourth-order valence-electron chi connectivity index (χ4n) is 3.51. The number of rotatable bonds is 4. The predicted octanol–water partition coefficient (Wildman–Crippen LogP) is 2.86. The van der Waals surface area contributed by atoms with Crippen molar-refractivity contribution in [1.29, 1.82) is 0 Å². The van der Waals surface area contributed by atoms with Crippen LogP contribution in [-0.4, -0.2) is 41.4 Å². The highest BCUT2D eigenvalue weighted by Crippen LogP contribution is 2.40. The monoisotopic (exact) mass is 485 g/mol. The second kappa shape index (κ2) is 9.94. The van der Waals surface area contributed by atoms with Crippen molar-refractivity contribution in [2.75, 3.05) is 0 Å². The molecular weight excluding hydrogens is 458 g/mol. The lowest BCUT2D eigenvalue weighted by atomic mass is 9.87. The average Bonchev–Trinajstić information content (AvgIpc) is 2.83. The number of aliphatic hydroxyl groups is 2. The van der Waals surface area contributed by atoms with Crippen LogP contribution in [0.1, 0.15) is 37.1 Å². The molecular formula is C25H27NO7S. The summed E-state index contributed by atoms with van der Waals surface area (Å²) in [6, 6.07) is 20.3. The molecule has 0 aliphatic carbocycles. The lowest BCUT2D eigenvalue weighted by molar-refractivity contribution is -0.146. The summed E-state index contributed by atoms with van der Waals surface area (Å²) in [5.41, 5.74) is 6.16. The van der Waals surface area contributed by atoms with E-state index in [-0.39, 0.29) is 9.79 Å². The van der Waals surface area contributed by atoms with Gasteiger partial charge in [-0.25, -0.2) is 13.2 Å². The molecule has 9 heteroatoms. The van der Waals surface area contributed by atoms with Crippen molar-refractivity contribution in [1.82, 2.24) is 0 Å². The first-order chi connectivity index (χ1) is 15.9. The van der Waals surface area contributed by atoms with Gasteiger partial charge in [0.05, 0.1) is 15.8 Å². The zero-order valence-corrected chi connectivity index (χ0v) is 19.5. The van der Waals surface area contributed by atoms with E-state index < -0.39 is 39.7 Å². The summed E-state index contributed by atoms with van der Waals surface area (Å²) in [7, 11) is -3.63. The van der Waals surface area contributed by atoms with Gasteiger partial charge in [0.15, 0.2) is 6.10 Å². The van der Waals surface area contributed by atoms with E-state index in [9.17, 15) is 18.3 Å². The molecule has 1 heterocycles. The first kappa shape index (κ1) is 25.4. The molecule has 3 aromatic rings. The highest BCUT2D eigenvalue weighted by atomic mass is 32.2. The van der Waals surface area contributed by atoms with Gasteiger partial charge in [-0.1, -0.05) is 48.5 Å². The molecule has 0 amide bonds. The third-order valence-electron chi connectivity index (χ3n) is 5.48. The van der Waals surface area contributed by atoms with Crippen molar-refractivity contribution >= 4 is 15.8 Å². The number of hydrogen-bond donors (Lipinski definition) is 4. The highest BCUT2D eigenvalue weighted by Gasteiger charge is 2.41. The molecule has 0 spiro atoms. The number of ether oxygens (including phenoxy) is 1. The molecule has 1 unspecified atom stereocenters. The minimum Gasteiger partial charge on any atom is -0.485 e. The molecule has 0 saturated carbocycles. The summed E-state index contributed by atoms with van der Waals surface area (Å²) in [6.07, 6.45) is -2.33. The molecule has 5 N–H and O–H groups in total. The van der Waals surface area contributed by atoms with E-state index in [2.05, 4.69) is 0 Å². The van der Waals surface area contributed by atoms with E-state index in [0.717, 1.165) is 0 Å². The Balaban J connectivity index is 0.000000248. The molecule has 0 bridgehead atoms. The van der Waals surface area contributed by atoms with Gasteiger partial charge in [-0.3, -0.25) is 0 Å². The quantitative estimate of drug-likeness (QED) is 0.441. The molecule has 1 aliphatic heterocycles. The summed E-state index contributed by atoms with van der Waals surface area (Å²) >= 11 is 0. The minimum absolute atomic E-state index is 0.133. The van der Waals surface area contributed by atoms with Gasteiger partial charge in [0.2, 0.25) is 9.84 Å². The zero-order chi connectivity index (χ0) is 25.1. The molecule has 8 nitrogen and oxygen atoms in total. The van der Waals surface area contributed by atoms with Gasteiger partial charge in [0.25, 0.3) is 0 Å². The minimum atomic E-state index is -3.63. The van der Waals surface area contributed by atoms with Crippen LogP contribution in [0.5, 0.6) is 5.75 Å². The molecule has 0 aromatic heterocycles. The summed E-state index contributed by atoms with van der Waals surface area (Å²) < 4.78 is 31.1. The first-order valence-electron chi connectivity index (χ1n) is 10.5. The molecule has 4 rings (SSSR count). The smallest absolute Gasteiger partial charge is 0.337 e. The normalized spacial score (nSPS) is 19.6. The number of carbonyl (C=O) groups is 1. The zero-order valence-electron chi connectivity index (χ0n) is 18.7. The van der Waals surface area contributed by atoms with Crippen LogP contribution in [0.4, 0.5) is 0 Å². The Bertz CT molecular complexity index is 1240. The fourth-order valence-corrected chi connectivity index (χ4v) is 4.82. The van der Waals surface area contributed by atoms with Gasteiger partial charge in [-0.2, -0.15) is 0 Å². The third kappa shape index (κ3) is 5.28. The Morgan fingerprint density at radius 3 is 2.09 bits per heavy atom. The standard InChI is InChI=1S/C17H19NO4S.C8H8O3/c1-17(2)16(19)15(18)13-10-12(8-9-14(13)22-17)23(20,21)11-6-4-3-5-7-11;9-7(8(10)11)6-4-2-1-3-5-6/h3-10,15-16,19H,18H2,1-2H3;1-5,7,9H,(H,10,11)/t15-,16+;/m1./s1. The lowest BCUT2D eigenvalue weighted by Crippen LogP contribution is -2.51. The fraction of sp³-hybridized carbons (Fsp3) is 0.240. The van der Waals surface area contributed by atoms with Crippen LogP contribution in [0.2, 0.25) is 0 Å². The number of nitrogens with two attached hydrogens (primary N) is 1. The maximum Gasteiger partial charge on any atom is 0.337 e. The van der Waals surface area contributed by atoms with Gasteiger partial charge >= 0.3 is 5.97 Å². The van der Waals surface area contributed by atoms with E-state index >= 15 is 0 Å². The van der Waals surface area contributed by atoms with E-state index in [1.54, 1.807) is 80.6 Å². The maximum atomic E-state index is 12.7. The van der Waals surface area contributed by atoms with Gasteiger partial charge in [0, 0.05) is 5.56 Å². The summed E-state index contributed by atoms with van der Waals surface area (Å²) in [5.74, 6) is -0.726. The number of benzene rings is 3. The van der Waals surface area contributed by atoms with Crippen LogP contribution in [0.15, 0.2) is 88.7 Å². The SMILES string of the molecule is CC1(C)Oc2ccc(S(=O)(=O)c3ccccc3)cc2[C@@H](N)[C@@H]1O.O=C(O)C(O)c1ccccc1. The topological polar surface area (TPSA) is 147 Å². The predicted molar refractivity (Wildman–Crippen MR) is 125 cm³/mol. The van der Waals surface area contributed by atoms with Crippen LogP contribution < -0.4 is 10.5 Å². The summed E-state index contributed by atoms with van der Waals surface area (Å²) in [4.78, 5) is 10.6. The number of sulfone groups is 1. The van der Waals surface area contributed by atoms with Crippen LogP contribution in [0.3, 0.4) is 0 Å². The average molecular weight is 486 g/mol. The van der Waals surface area contributed by atoms with Crippen LogP contribution in [-0.2, 0) is 14.6 Å². The number of carboxylic acid groups (broad SMARTS) is 1. The largest absolute Gasteiger partial charge is 0.485 e. The number of aliphatic carboxylic acids is 1. The first-order valence-corrected chi connectivity index (χ1v) is 12.0. The van der Waals surface area contributed by atoms with Gasteiger partial charge in [-0.15, -0.1) is 0 Å². The Hall–Kier alpha value is -3.24. The van der Waals surface area contributed by atoms with E-state index in [0.29, 0.717) is 16.9 Å². The third-order valence-corrected chi connectivity index (χ3v) is 7.25. The van der Waals surface area contributed by atoms with Crippen molar-refractivity contribution in [2.45, 2.75) is 47.5 Å². The van der Waals surface area contributed by atoms with Crippen LogP contribution in [0.25, 0.3) is 0 Å². The van der Waals surface area contributed by atoms with E-state index in [1.165, 1.54) is 12.1 Å². The molecule has 180 valence electrons. The Morgan fingerprint density at radius 2 is 1.53 bits per heavy atom. The van der Waals surface area contributed by atoms with E-state index in [4.69, 9.17) is 20.7 Å². The van der Waals surface area contributed by atoms with E-state index in [1.807, 2.05) is 0 Å². The molecule has 0 fully saturated rings. The van der Waals surface area contributed by atoms with Crippen molar-refractivity contribution in [3.05, 3.63) is 90.0 Å². The number of aliphatic hydroxyl groups excluding tert-OH is 2. The molecule has 1 aliphatic rings. The highest BCUT2D eigenvalue weighted by molar-refractivity contribution is 7.91. The number of hydrogen-bond acceptors (Lipinski definition) is 7. The molecule has 34 heavy (non-hydrogen) atoms. The van der Waals surface area contributed by atoms with Crippen molar-refractivity contribution in [3.63, 3.8) is 0 Å². The number of fused-ring (bicyclic) bond motifs is 1. The molecule has 0 saturated heterocycles. The summed E-state index contributed by atoms with van der Waals surface area (Å²) in [5, 5.41) is 27.6. The Kier molecular flexibility index (Phi) is 7.42. The summed E-state index contributed by atoms with van der Waals surface area (Å²) in [6.45, 7) is 3.49. The Morgan fingerprint density at radius 1 is 0.971 bits per heavy atom. The van der Waals surface area contributed by atoms with Gasteiger partial charge < -0.3 is 25.8 Å². The molecule has 0 radical (unpaired) electrons. The Labute approximate surface area is 198 Å². The molecule has 3 atom stereocenters. The van der Waals surface area contributed by atoms with Crippen LogP contribution >= 0.6 is 0 Å². The second-order valence-corrected chi connectivity index (χ2v) is 10.3. The molecule has 3 aromatic carbocycles. The van der Waals surface area contributed by atoms with Crippen molar-refractivity contribution in [2.24, 2.45) is 5.73 Å². The second-order valence-electron chi connectivity index (χ2n) is 8.34. The number of carboxylic acids is 1. The lowest BCUT2D eigenvalue weighted by Gasteiger charge is -2.40. The van der Waals surface area contributed by atoms with Crippen molar-refractivity contribution < 1.29 is 33.3 Å². The van der Waals surface area contributed by atoms with Crippen molar-refractivity contribution in [3.8, 4) is 5.75 Å². The van der Waals surface area contributed by atoms with Crippen LogP contribution in [0, 0.1) is 0 Å². The van der Waals surface area contributed by atoms with Gasteiger partial charge in [-0.05, 0) is 49.7 Å².